The van der Waals surface area contributed by atoms with E-state index in [0.29, 0.717) is 22.8 Å². The molecule has 0 unspecified atom stereocenters. The second kappa shape index (κ2) is 10.5. The summed E-state index contributed by atoms with van der Waals surface area (Å²) in [6, 6.07) is 8.20. The van der Waals surface area contributed by atoms with Gasteiger partial charge in [-0.15, -0.1) is 0 Å². The van der Waals surface area contributed by atoms with Crippen LogP contribution in [-0.4, -0.2) is 50.9 Å². The Hall–Kier alpha value is -2.37. The van der Waals surface area contributed by atoms with E-state index < -0.39 is 27.3 Å². The summed E-state index contributed by atoms with van der Waals surface area (Å²) in [6.45, 7) is 0.622. The quantitative estimate of drug-likeness (QED) is 0.420. The zero-order chi connectivity index (χ0) is 23.3. The lowest BCUT2D eigenvalue weighted by atomic mass is 10.3. The molecule has 0 aliphatic rings. The number of carbonyl (C=O) groups is 1. The minimum Gasteiger partial charge on any atom is -0.493 e. The van der Waals surface area contributed by atoms with Gasteiger partial charge in [-0.3, -0.25) is 4.79 Å². The van der Waals surface area contributed by atoms with E-state index in [1.165, 1.54) is 23.5 Å². The maximum atomic E-state index is 13.1. The van der Waals surface area contributed by atoms with E-state index in [1.807, 2.05) is 23.0 Å². The van der Waals surface area contributed by atoms with Crippen molar-refractivity contribution < 1.29 is 27.1 Å². The van der Waals surface area contributed by atoms with Gasteiger partial charge < -0.3 is 14.0 Å². The predicted molar refractivity (Wildman–Crippen MR) is 125 cm³/mol. The summed E-state index contributed by atoms with van der Waals surface area (Å²) in [5.41, 5.74) is 0.854. The summed E-state index contributed by atoms with van der Waals surface area (Å²) in [7, 11) is -0.613. The van der Waals surface area contributed by atoms with Gasteiger partial charge in [-0.1, -0.05) is 11.3 Å². The summed E-state index contributed by atoms with van der Waals surface area (Å²) in [4.78, 5) is 17.2. The Kier molecular flexibility index (Phi) is 7.96. The van der Waals surface area contributed by atoms with Crippen LogP contribution in [0.3, 0.4) is 0 Å². The van der Waals surface area contributed by atoms with Crippen molar-refractivity contribution >= 4 is 49.1 Å². The molecule has 11 heteroatoms. The van der Waals surface area contributed by atoms with E-state index >= 15 is 0 Å². The smallest absolute Gasteiger partial charge is 0.249 e. The van der Waals surface area contributed by atoms with E-state index in [9.17, 15) is 17.6 Å². The van der Waals surface area contributed by atoms with Crippen LogP contribution >= 0.6 is 23.1 Å². The highest BCUT2D eigenvalue weighted by Crippen LogP contribution is 2.33. The highest BCUT2D eigenvalue weighted by atomic mass is 32.2. The number of methoxy groups -OCH3 is 2. The predicted octanol–water partition coefficient (Wildman–Crippen LogP) is 3.51. The maximum absolute atomic E-state index is 13.1. The van der Waals surface area contributed by atoms with Crippen LogP contribution in [0.25, 0.3) is 10.2 Å². The first-order valence-corrected chi connectivity index (χ1v) is 13.5. The number of nitrogens with zero attached hydrogens (tertiary/aromatic N) is 2. The third-order valence-electron chi connectivity index (χ3n) is 4.68. The fourth-order valence-electron chi connectivity index (χ4n) is 3.02. The molecule has 1 amide bonds. The normalized spacial score (nSPS) is 12.3. The Balaban J connectivity index is 1.91. The number of thioether (sulfide) groups is 1. The van der Waals surface area contributed by atoms with Crippen LogP contribution in [0.2, 0.25) is 0 Å². The zero-order valence-electron chi connectivity index (χ0n) is 17.8. The van der Waals surface area contributed by atoms with Gasteiger partial charge in [0.15, 0.2) is 26.1 Å². The number of fused-ring (bicyclic) bond motifs is 1. The summed E-state index contributed by atoms with van der Waals surface area (Å²) in [5.74, 6) is 0.473. The fraction of sp³-hybridized carbons (Fsp3) is 0.333. The molecular weight excluding hydrogens is 475 g/mol. The second-order valence-electron chi connectivity index (χ2n) is 6.73. The number of hydrogen-bond donors (Lipinski definition) is 0. The SMILES string of the molecule is COc1cc2sc(=NC(=O)CCS(=O)(=O)c3ccc(F)cc3)n(CCSC)c2cc1OC. The van der Waals surface area contributed by atoms with Crippen molar-refractivity contribution in [3.63, 3.8) is 0 Å². The Labute approximate surface area is 193 Å². The van der Waals surface area contributed by atoms with Crippen LogP contribution in [0.15, 0.2) is 46.3 Å². The lowest BCUT2D eigenvalue weighted by molar-refractivity contribution is -0.117. The number of aromatic nitrogens is 1. The molecular formula is C21H23FN2O5S3. The Morgan fingerprint density at radius 3 is 2.44 bits per heavy atom. The van der Waals surface area contributed by atoms with Gasteiger partial charge in [-0.05, 0) is 30.5 Å². The van der Waals surface area contributed by atoms with Gasteiger partial charge >= 0.3 is 0 Å². The topological polar surface area (TPSA) is 87.0 Å². The van der Waals surface area contributed by atoms with E-state index in [4.69, 9.17) is 9.47 Å². The number of aryl methyl sites for hydroxylation is 1. The van der Waals surface area contributed by atoms with Crippen molar-refractivity contribution in [3.05, 3.63) is 47.0 Å². The Morgan fingerprint density at radius 2 is 1.81 bits per heavy atom. The first-order chi connectivity index (χ1) is 15.3. The number of halogens is 1. The van der Waals surface area contributed by atoms with Crippen LogP contribution < -0.4 is 14.3 Å². The summed E-state index contributed by atoms with van der Waals surface area (Å²) < 4.78 is 51.5. The van der Waals surface area contributed by atoms with E-state index in [-0.39, 0.29) is 11.3 Å². The first-order valence-electron chi connectivity index (χ1n) is 9.59. The first kappa shape index (κ1) is 24.3. The molecule has 0 atom stereocenters. The van der Waals surface area contributed by atoms with Crippen molar-refractivity contribution in [2.24, 2.45) is 4.99 Å². The number of ether oxygens (including phenoxy) is 2. The monoisotopic (exact) mass is 498 g/mol. The molecule has 0 spiro atoms. The molecule has 2 aromatic carbocycles. The van der Waals surface area contributed by atoms with Crippen molar-refractivity contribution in [2.75, 3.05) is 32.0 Å². The highest BCUT2D eigenvalue weighted by molar-refractivity contribution is 7.98. The number of amides is 1. The molecule has 0 saturated carbocycles. The minimum atomic E-state index is -3.72. The molecule has 1 heterocycles. The van der Waals surface area contributed by atoms with Crippen LogP contribution in [0.5, 0.6) is 11.5 Å². The van der Waals surface area contributed by atoms with E-state index in [1.54, 1.807) is 26.0 Å². The highest BCUT2D eigenvalue weighted by Gasteiger charge is 2.17. The van der Waals surface area contributed by atoms with Crippen LogP contribution in [0.4, 0.5) is 4.39 Å². The number of thiazole rings is 1. The van der Waals surface area contributed by atoms with Gasteiger partial charge in [0.25, 0.3) is 0 Å². The van der Waals surface area contributed by atoms with Crippen LogP contribution in [0, 0.1) is 5.82 Å². The zero-order valence-corrected chi connectivity index (χ0v) is 20.3. The molecule has 0 bridgehead atoms. The van der Waals surface area contributed by atoms with E-state index in [0.717, 1.165) is 28.1 Å². The minimum absolute atomic E-state index is 0.0252. The second-order valence-corrected chi connectivity index (χ2v) is 10.8. The molecule has 0 radical (unpaired) electrons. The summed E-state index contributed by atoms with van der Waals surface area (Å²) in [5, 5.41) is 0. The molecule has 0 aliphatic carbocycles. The number of hydrogen-bond acceptors (Lipinski definition) is 7. The Bertz CT molecular complexity index is 1280. The van der Waals surface area contributed by atoms with Crippen molar-refractivity contribution in [2.45, 2.75) is 17.9 Å². The third-order valence-corrected chi connectivity index (χ3v) is 8.05. The average Bonchev–Trinajstić information content (AvgIpc) is 3.11. The third kappa shape index (κ3) is 5.51. The molecule has 0 aliphatic heterocycles. The number of rotatable bonds is 9. The number of sulfone groups is 1. The largest absolute Gasteiger partial charge is 0.493 e. The summed E-state index contributed by atoms with van der Waals surface area (Å²) >= 11 is 2.98. The molecule has 0 fully saturated rings. The van der Waals surface area contributed by atoms with Crippen LogP contribution in [-0.2, 0) is 21.2 Å². The fourth-order valence-corrected chi connectivity index (χ4v) is 5.70. The molecule has 3 aromatic rings. The van der Waals surface area contributed by atoms with Crippen LogP contribution in [0.1, 0.15) is 6.42 Å². The standard InChI is InChI=1S/C21H23FN2O5S3/c1-28-17-12-16-19(13-18(17)29-2)31-21(24(16)9-10-30-3)23-20(25)8-11-32(26,27)15-6-4-14(22)5-7-15/h4-7,12-13H,8-11H2,1-3H3. The van der Waals surface area contributed by atoms with Crippen molar-refractivity contribution in [3.8, 4) is 11.5 Å². The summed E-state index contributed by atoms with van der Waals surface area (Å²) in [6.07, 6.45) is 1.71. The van der Waals surface area contributed by atoms with Gasteiger partial charge in [0.2, 0.25) is 5.91 Å². The van der Waals surface area contributed by atoms with Crippen molar-refractivity contribution in [1.82, 2.24) is 4.57 Å². The number of benzene rings is 2. The van der Waals surface area contributed by atoms with Gasteiger partial charge in [0, 0.05) is 30.9 Å². The molecule has 7 nitrogen and oxygen atoms in total. The molecule has 0 N–H and O–H groups in total. The van der Waals surface area contributed by atoms with E-state index in [2.05, 4.69) is 4.99 Å². The molecule has 0 saturated heterocycles. The number of carbonyl (C=O) groups excluding carboxylic acids is 1. The lowest BCUT2D eigenvalue weighted by Crippen LogP contribution is -2.19. The Morgan fingerprint density at radius 1 is 1.16 bits per heavy atom. The van der Waals surface area contributed by atoms with Gasteiger partial charge in [-0.2, -0.15) is 16.8 Å². The van der Waals surface area contributed by atoms with Gasteiger partial charge in [0.1, 0.15) is 5.82 Å². The molecule has 1 aromatic heterocycles. The van der Waals surface area contributed by atoms with Gasteiger partial charge in [0.05, 0.1) is 35.1 Å². The molecule has 3 rings (SSSR count). The average molecular weight is 499 g/mol. The lowest BCUT2D eigenvalue weighted by Gasteiger charge is -2.09. The molecule has 32 heavy (non-hydrogen) atoms. The van der Waals surface area contributed by atoms with Gasteiger partial charge in [-0.25, -0.2) is 12.8 Å². The molecule has 172 valence electrons. The maximum Gasteiger partial charge on any atom is 0.249 e. The van der Waals surface area contributed by atoms with Crippen molar-refractivity contribution in [1.29, 1.82) is 0 Å².